The van der Waals surface area contributed by atoms with Crippen LogP contribution in [0.25, 0.3) is 10.6 Å². The lowest BCUT2D eigenvalue weighted by Gasteiger charge is -2.24. The first-order chi connectivity index (χ1) is 11.8. The minimum atomic E-state index is -0.512. The summed E-state index contributed by atoms with van der Waals surface area (Å²) >= 11 is 1.52. The van der Waals surface area contributed by atoms with Crippen LogP contribution in [0.1, 0.15) is 59.1 Å². The van der Waals surface area contributed by atoms with Crippen LogP contribution in [0, 0.1) is 0 Å². The van der Waals surface area contributed by atoms with Gasteiger partial charge in [-0.25, -0.2) is 9.78 Å². The molecule has 0 radical (unpaired) electrons. The Morgan fingerprint density at radius 1 is 1.32 bits per heavy atom. The third-order valence-corrected chi connectivity index (χ3v) is 4.68. The van der Waals surface area contributed by atoms with Crippen LogP contribution < -0.4 is 4.90 Å². The lowest BCUT2D eigenvalue weighted by molar-refractivity contribution is 0.0590. The predicted octanol–water partition coefficient (Wildman–Crippen LogP) is 5.48. The van der Waals surface area contributed by atoms with Gasteiger partial charge < -0.3 is 4.74 Å². The number of rotatable bonds is 3. The number of hydrogen-bond donors (Lipinski definition) is 0. The molecule has 0 N–H and O–H groups in total. The summed E-state index contributed by atoms with van der Waals surface area (Å²) in [7, 11) is 1.75. The van der Waals surface area contributed by atoms with Gasteiger partial charge >= 0.3 is 6.09 Å². The van der Waals surface area contributed by atoms with Crippen LogP contribution >= 0.6 is 11.3 Å². The summed E-state index contributed by atoms with van der Waals surface area (Å²) < 4.78 is 5.48. The van der Waals surface area contributed by atoms with Gasteiger partial charge in [-0.3, -0.25) is 9.88 Å². The minimum Gasteiger partial charge on any atom is -0.443 e. The van der Waals surface area contributed by atoms with E-state index in [0.717, 1.165) is 34.1 Å². The van der Waals surface area contributed by atoms with E-state index in [0.29, 0.717) is 5.92 Å². The van der Waals surface area contributed by atoms with E-state index >= 15 is 0 Å². The molecule has 6 heteroatoms. The highest BCUT2D eigenvalue weighted by molar-refractivity contribution is 7.19. The van der Waals surface area contributed by atoms with Gasteiger partial charge in [-0.2, -0.15) is 0 Å². The molecular formula is C19H27N3O2S. The van der Waals surface area contributed by atoms with Gasteiger partial charge in [0.25, 0.3) is 0 Å². The van der Waals surface area contributed by atoms with Gasteiger partial charge in [0.2, 0.25) is 0 Å². The molecule has 0 aromatic carbocycles. The van der Waals surface area contributed by atoms with Crippen molar-refractivity contribution in [2.75, 3.05) is 11.9 Å². The van der Waals surface area contributed by atoms with Crippen molar-refractivity contribution in [1.82, 2.24) is 9.97 Å². The van der Waals surface area contributed by atoms with Crippen molar-refractivity contribution in [2.24, 2.45) is 0 Å². The Balaban J connectivity index is 0.00000109. The van der Waals surface area contributed by atoms with Crippen LogP contribution in [0.4, 0.5) is 9.80 Å². The van der Waals surface area contributed by atoms with E-state index in [2.05, 4.69) is 4.98 Å². The fourth-order valence-corrected chi connectivity index (χ4v) is 3.31. The van der Waals surface area contributed by atoms with Gasteiger partial charge in [0.1, 0.15) is 15.6 Å². The highest BCUT2D eigenvalue weighted by Crippen LogP contribution is 2.47. The van der Waals surface area contributed by atoms with Crippen molar-refractivity contribution >= 4 is 22.4 Å². The van der Waals surface area contributed by atoms with Gasteiger partial charge in [0, 0.05) is 30.9 Å². The second-order valence-corrected chi connectivity index (χ2v) is 7.74. The van der Waals surface area contributed by atoms with E-state index in [4.69, 9.17) is 9.72 Å². The molecule has 2 aromatic rings. The molecule has 0 saturated heterocycles. The Morgan fingerprint density at radius 3 is 2.52 bits per heavy atom. The van der Waals surface area contributed by atoms with E-state index in [-0.39, 0.29) is 6.09 Å². The second kappa shape index (κ2) is 7.95. The second-order valence-electron chi connectivity index (χ2n) is 6.76. The first kappa shape index (κ1) is 19.4. The standard InChI is InChI=1S/C17H21N3O2S.C2H6/c1-17(2,3)22-16(21)20(4)15-13(11-7-8-11)19-14(23-15)12-6-5-9-18-10-12;1-2/h5-6,9-11H,7-8H2,1-4H3;1-2H3. The molecule has 136 valence electrons. The summed E-state index contributed by atoms with van der Waals surface area (Å²) in [6, 6.07) is 3.88. The maximum absolute atomic E-state index is 12.4. The number of carbonyl (C=O) groups excluding carboxylic acids is 1. The lowest BCUT2D eigenvalue weighted by atomic mass is 10.2. The number of carbonyl (C=O) groups is 1. The molecule has 1 fully saturated rings. The number of nitrogens with zero attached hydrogens (tertiary/aromatic N) is 3. The number of aromatic nitrogens is 2. The Bertz CT molecular complexity index is 703. The maximum atomic E-state index is 12.4. The van der Waals surface area contributed by atoms with E-state index in [1.165, 1.54) is 11.3 Å². The molecule has 0 bridgehead atoms. The quantitative estimate of drug-likeness (QED) is 0.726. The summed E-state index contributed by atoms with van der Waals surface area (Å²) in [5.74, 6) is 0.455. The fraction of sp³-hybridized carbons (Fsp3) is 0.526. The third-order valence-electron chi connectivity index (χ3n) is 3.48. The smallest absolute Gasteiger partial charge is 0.415 e. The molecule has 25 heavy (non-hydrogen) atoms. The third kappa shape index (κ3) is 5.01. The molecule has 1 amide bonds. The van der Waals surface area contributed by atoms with Crippen molar-refractivity contribution < 1.29 is 9.53 Å². The fourth-order valence-electron chi connectivity index (χ4n) is 2.21. The molecule has 1 saturated carbocycles. The number of pyridine rings is 1. The molecular weight excluding hydrogens is 334 g/mol. The molecule has 0 spiro atoms. The summed E-state index contributed by atoms with van der Waals surface area (Å²) in [6.07, 6.45) is 5.46. The van der Waals surface area contributed by atoms with Crippen molar-refractivity contribution in [3.05, 3.63) is 30.2 Å². The highest BCUT2D eigenvalue weighted by atomic mass is 32.1. The molecule has 5 nitrogen and oxygen atoms in total. The zero-order chi connectivity index (χ0) is 18.6. The average Bonchev–Trinajstić information content (AvgIpc) is 3.34. The largest absolute Gasteiger partial charge is 0.443 e. The molecule has 1 aliphatic rings. The number of thiazole rings is 1. The molecule has 0 aliphatic heterocycles. The Morgan fingerprint density at radius 2 is 2.00 bits per heavy atom. The number of ether oxygens (including phenoxy) is 1. The zero-order valence-electron chi connectivity index (χ0n) is 15.9. The Kier molecular flexibility index (Phi) is 6.16. The summed E-state index contributed by atoms with van der Waals surface area (Å²) in [5, 5.41) is 1.77. The summed E-state index contributed by atoms with van der Waals surface area (Å²) in [4.78, 5) is 22.9. The Labute approximate surface area is 154 Å². The SMILES string of the molecule is CC.CN(C(=O)OC(C)(C)C)c1sc(-c2cccnc2)nc1C1CC1. The molecule has 1 aliphatic carbocycles. The number of anilines is 1. The lowest BCUT2D eigenvalue weighted by Crippen LogP contribution is -2.34. The molecule has 0 atom stereocenters. The summed E-state index contributed by atoms with van der Waals surface area (Å²) in [6.45, 7) is 9.61. The van der Waals surface area contributed by atoms with Crippen LogP contribution in [-0.2, 0) is 4.74 Å². The molecule has 2 aromatic heterocycles. The van der Waals surface area contributed by atoms with Gasteiger partial charge in [0.15, 0.2) is 0 Å². The van der Waals surface area contributed by atoms with Gasteiger partial charge in [-0.05, 0) is 45.7 Å². The van der Waals surface area contributed by atoms with Crippen LogP contribution in [0.15, 0.2) is 24.5 Å². The van der Waals surface area contributed by atoms with Crippen molar-refractivity contribution in [1.29, 1.82) is 0 Å². The van der Waals surface area contributed by atoms with Crippen molar-refractivity contribution in [3.8, 4) is 10.6 Å². The maximum Gasteiger partial charge on any atom is 0.415 e. The molecule has 3 rings (SSSR count). The summed E-state index contributed by atoms with van der Waals surface area (Å²) in [5.41, 5.74) is 1.47. The number of hydrogen-bond acceptors (Lipinski definition) is 5. The zero-order valence-corrected chi connectivity index (χ0v) is 16.7. The molecule has 0 unspecified atom stereocenters. The van der Waals surface area contributed by atoms with Crippen molar-refractivity contribution in [3.63, 3.8) is 0 Å². The minimum absolute atomic E-state index is 0.346. The van der Waals surface area contributed by atoms with Crippen LogP contribution in [0.3, 0.4) is 0 Å². The van der Waals surface area contributed by atoms with Gasteiger partial charge in [0.05, 0.1) is 5.69 Å². The van der Waals surface area contributed by atoms with E-state index in [1.54, 1.807) is 24.3 Å². The highest BCUT2D eigenvalue weighted by Gasteiger charge is 2.33. The first-order valence-corrected chi connectivity index (χ1v) is 9.54. The van der Waals surface area contributed by atoms with Crippen LogP contribution in [-0.4, -0.2) is 28.7 Å². The van der Waals surface area contributed by atoms with E-state index in [9.17, 15) is 4.79 Å². The van der Waals surface area contributed by atoms with Crippen molar-refractivity contribution in [2.45, 2.75) is 59.0 Å². The predicted molar refractivity (Wildman–Crippen MR) is 103 cm³/mol. The monoisotopic (exact) mass is 361 g/mol. The van der Waals surface area contributed by atoms with Gasteiger partial charge in [-0.1, -0.05) is 25.2 Å². The Hall–Kier alpha value is -1.95. The van der Waals surface area contributed by atoms with E-state index in [1.807, 2.05) is 46.8 Å². The topological polar surface area (TPSA) is 55.3 Å². The normalized spacial score (nSPS) is 13.7. The van der Waals surface area contributed by atoms with Crippen LogP contribution in [0.2, 0.25) is 0 Å². The molecule has 2 heterocycles. The van der Waals surface area contributed by atoms with E-state index < -0.39 is 5.60 Å². The van der Waals surface area contributed by atoms with Crippen LogP contribution in [0.5, 0.6) is 0 Å². The first-order valence-electron chi connectivity index (χ1n) is 8.73. The van der Waals surface area contributed by atoms with Gasteiger partial charge in [-0.15, -0.1) is 0 Å². The average molecular weight is 362 g/mol. The number of amides is 1.